The molecule has 0 saturated carbocycles. The molecule has 0 unspecified atom stereocenters. The summed E-state index contributed by atoms with van der Waals surface area (Å²) in [6.07, 6.45) is -4.37. The number of hydrogen-bond donors (Lipinski definition) is 0. The molecule has 0 aliphatic carbocycles. The molecule has 1 aromatic heterocycles. The highest BCUT2D eigenvalue weighted by Gasteiger charge is 2.34. The molecule has 0 atom stereocenters. The van der Waals surface area contributed by atoms with E-state index in [0.29, 0.717) is 13.7 Å². The summed E-state index contributed by atoms with van der Waals surface area (Å²) in [5, 5.41) is 4.14. The Morgan fingerprint density at radius 1 is 1.38 bits per heavy atom. The summed E-state index contributed by atoms with van der Waals surface area (Å²) in [5.74, 6) is 0. The highest BCUT2D eigenvalue weighted by atomic mass is 127. The van der Waals surface area contributed by atoms with E-state index in [4.69, 9.17) is 0 Å². The van der Waals surface area contributed by atoms with Crippen LogP contribution >= 0.6 is 38.5 Å². The van der Waals surface area contributed by atoms with E-state index < -0.39 is 11.7 Å². The Hall–Kier alpha value is -0.310. The minimum absolute atomic E-state index is 0.152. The average Bonchev–Trinajstić information content (AvgIpc) is 2.40. The molecule has 0 spiro atoms. The zero-order valence-electron chi connectivity index (χ0n) is 7.94. The van der Waals surface area contributed by atoms with E-state index in [-0.39, 0.29) is 5.39 Å². The van der Waals surface area contributed by atoms with Crippen LogP contribution in [0, 0.1) is 3.70 Å². The minimum atomic E-state index is -4.37. The lowest BCUT2D eigenvalue weighted by molar-refractivity contribution is -0.136. The smallest absolute Gasteiger partial charge is 0.267 e. The fraction of sp³-hybridized carbons (Fsp3) is 0.222. The number of hydrogen-bond acceptors (Lipinski definition) is 1. The van der Waals surface area contributed by atoms with Crippen LogP contribution in [0.1, 0.15) is 5.56 Å². The summed E-state index contributed by atoms with van der Waals surface area (Å²) in [5.41, 5.74) is -0.194. The predicted molar refractivity (Wildman–Crippen MR) is 66.1 cm³/mol. The van der Waals surface area contributed by atoms with Crippen molar-refractivity contribution < 1.29 is 13.2 Å². The van der Waals surface area contributed by atoms with Crippen LogP contribution in [0.4, 0.5) is 13.2 Å². The van der Waals surface area contributed by atoms with Gasteiger partial charge in [-0.05, 0) is 34.7 Å². The summed E-state index contributed by atoms with van der Waals surface area (Å²) in [4.78, 5) is 0. The van der Waals surface area contributed by atoms with E-state index >= 15 is 0 Å². The molecule has 0 fully saturated rings. The normalized spacial score (nSPS) is 12.4. The standard InChI is InChI=1S/C9H5BrF3IN2/c1-16-6-3-4(10)2-5(9(11,12)13)7(6)8(14)15-16/h2-3H,1H3. The molecule has 0 aliphatic heterocycles. The first-order valence-corrected chi connectivity index (χ1v) is 6.07. The summed E-state index contributed by atoms with van der Waals surface area (Å²) in [6, 6.07) is 2.70. The van der Waals surface area contributed by atoms with Crippen molar-refractivity contribution in [2.45, 2.75) is 6.18 Å². The third-order valence-corrected chi connectivity index (χ3v) is 3.39. The van der Waals surface area contributed by atoms with Crippen LogP contribution in [0.2, 0.25) is 0 Å². The number of aryl methyl sites for hydroxylation is 1. The Morgan fingerprint density at radius 2 is 2.00 bits per heavy atom. The number of alkyl halides is 3. The van der Waals surface area contributed by atoms with Crippen molar-refractivity contribution in [3.63, 3.8) is 0 Å². The Balaban J connectivity index is 2.92. The molecule has 0 saturated heterocycles. The van der Waals surface area contributed by atoms with E-state index in [2.05, 4.69) is 21.0 Å². The number of rotatable bonds is 0. The molecule has 0 aliphatic rings. The first-order valence-electron chi connectivity index (χ1n) is 4.19. The molecule has 1 heterocycles. The van der Waals surface area contributed by atoms with Crippen molar-refractivity contribution >= 4 is 49.4 Å². The summed E-state index contributed by atoms with van der Waals surface area (Å²) >= 11 is 4.88. The summed E-state index contributed by atoms with van der Waals surface area (Å²) in [7, 11) is 1.62. The van der Waals surface area contributed by atoms with Gasteiger partial charge < -0.3 is 0 Å². The minimum Gasteiger partial charge on any atom is -0.267 e. The van der Waals surface area contributed by atoms with Crippen molar-refractivity contribution in [3.05, 3.63) is 25.9 Å². The molecule has 0 amide bonds. The van der Waals surface area contributed by atoms with Gasteiger partial charge in [-0.15, -0.1) is 0 Å². The maximum Gasteiger partial charge on any atom is 0.417 e. The summed E-state index contributed by atoms with van der Waals surface area (Å²) < 4.78 is 40.7. The third-order valence-electron chi connectivity index (χ3n) is 2.18. The van der Waals surface area contributed by atoms with Gasteiger partial charge in [-0.25, -0.2) is 0 Å². The van der Waals surface area contributed by atoms with Crippen molar-refractivity contribution in [3.8, 4) is 0 Å². The molecular weight excluding hydrogens is 400 g/mol. The number of nitrogens with zero attached hydrogens (tertiary/aromatic N) is 2. The largest absolute Gasteiger partial charge is 0.417 e. The predicted octanol–water partition coefficient (Wildman–Crippen LogP) is 3.96. The second-order valence-electron chi connectivity index (χ2n) is 3.26. The van der Waals surface area contributed by atoms with Crippen molar-refractivity contribution in [1.29, 1.82) is 0 Å². The SMILES string of the molecule is Cn1nc(I)c2c(C(F)(F)F)cc(Br)cc21. The van der Waals surface area contributed by atoms with Crippen molar-refractivity contribution in [2.75, 3.05) is 0 Å². The summed E-state index contributed by atoms with van der Waals surface area (Å²) in [6.45, 7) is 0. The molecular formula is C9H5BrF3IN2. The maximum atomic E-state index is 12.8. The number of aromatic nitrogens is 2. The van der Waals surface area contributed by atoms with Gasteiger partial charge in [0.2, 0.25) is 0 Å². The van der Waals surface area contributed by atoms with Gasteiger partial charge in [0.1, 0.15) is 3.70 Å². The van der Waals surface area contributed by atoms with Gasteiger partial charge in [0.05, 0.1) is 11.1 Å². The molecule has 86 valence electrons. The molecule has 0 bridgehead atoms. The third kappa shape index (κ3) is 1.94. The van der Waals surface area contributed by atoms with Crippen molar-refractivity contribution in [1.82, 2.24) is 9.78 Å². The van der Waals surface area contributed by atoms with Crippen molar-refractivity contribution in [2.24, 2.45) is 7.05 Å². The van der Waals surface area contributed by atoms with E-state index in [1.165, 1.54) is 4.68 Å². The molecule has 1 aromatic carbocycles. The second kappa shape index (κ2) is 3.86. The van der Waals surface area contributed by atoms with Gasteiger partial charge in [-0.3, -0.25) is 4.68 Å². The number of halogens is 5. The molecule has 16 heavy (non-hydrogen) atoms. The Kier molecular flexibility index (Phi) is 2.94. The lowest BCUT2D eigenvalue weighted by Gasteiger charge is -2.09. The van der Waals surface area contributed by atoms with E-state index in [1.54, 1.807) is 13.1 Å². The van der Waals surface area contributed by atoms with Crippen LogP contribution in [0.3, 0.4) is 0 Å². The molecule has 0 radical (unpaired) electrons. The number of fused-ring (bicyclic) bond motifs is 1. The van der Waals surface area contributed by atoms with Gasteiger partial charge >= 0.3 is 6.18 Å². The van der Waals surface area contributed by atoms with E-state index in [0.717, 1.165) is 6.07 Å². The van der Waals surface area contributed by atoms with Crippen LogP contribution in [0.15, 0.2) is 16.6 Å². The first kappa shape index (κ1) is 12.2. The number of benzene rings is 1. The van der Waals surface area contributed by atoms with Gasteiger partial charge in [-0.1, -0.05) is 15.9 Å². The fourth-order valence-corrected chi connectivity index (χ4v) is 2.86. The highest BCUT2D eigenvalue weighted by Crippen LogP contribution is 2.38. The topological polar surface area (TPSA) is 17.8 Å². The Morgan fingerprint density at radius 3 is 2.56 bits per heavy atom. The molecule has 0 N–H and O–H groups in total. The quantitative estimate of drug-likeness (QED) is 0.608. The van der Waals surface area contributed by atoms with Crippen LogP contribution < -0.4 is 0 Å². The van der Waals surface area contributed by atoms with E-state index in [1.807, 2.05) is 22.6 Å². The second-order valence-corrected chi connectivity index (χ2v) is 5.20. The maximum absolute atomic E-state index is 12.8. The van der Waals surface area contributed by atoms with Crippen LogP contribution in [-0.4, -0.2) is 9.78 Å². The monoisotopic (exact) mass is 404 g/mol. The van der Waals surface area contributed by atoms with Gasteiger partial charge in [0.15, 0.2) is 0 Å². The average molecular weight is 405 g/mol. The van der Waals surface area contributed by atoms with Gasteiger partial charge in [0, 0.05) is 16.9 Å². The molecule has 2 rings (SSSR count). The Bertz CT molecular complexity index is 562. The Labute approximate surface area is 111 Å². The first-order chi connectivity index (χ1) is 7.30. The molecule has 2 aromatic rings. The lowest BCUT2D eigenvalue weighted by atomic mass is 10.1. The van der Waals surface area contributed by atoms with Gasteiger partial charge in [-0.2, -0.15) is 18.3 Å². The zero-order chi connectivity index (χ0) is 12.1. The van der Waals surface area contributed by atoms with Crippen LogP contribution in [-0.2, 0) is 13.2 Å². The fourth-order valence-electron chi connectivity index (χ4n) is 1.52. The zero-order valence-corrected chi connectivity index (χ0v) is 11.7. The van der Waals surface area contributed by atoms with Crippen LogP contribution in [0.5, 0.6) is 0 Å². The molecule has 2 nitrogen and oxygen atoms in total. The van der Waals surface area contributed by atoms with Gasteiger partial charge in [0.25, 0.3) is 0 Å². The molecule has 7 heteroatoms. The van der Waals surface area contributed by atoms with E-state index in [9.17, 15) is 13.2 Å². The lowest BCUT2D eigenvalue weighted by Crippen LogP contribution is -2.06. The highest BCUT2D eigenvalue weighted by molar-refractivity contribution is 14.1. The van der Waals surface area contributed by atoms with Crippen LogP contribution in [0.25, 0.3) is 10.9 Å².